The van der Waals surface area contributed by atoms with E-state index in [0.29, 0.717) is 37.1 Å². The molecular formula is C18H27N3O6S. The summed E-state index contributed by atoms with van der Waals surface area (Å²) in [6.07, 6.45) is 0. The van der Waals surface area contributed by atoms with Crippen molar-refractivity contribution in [1.82, 2.24) is 15.0 Å². The van der Waals surface area contributed by atoms with Gasteiger partial charge < -0.3 is 24.9 Å². The minimum Gasteiger partial charge on any atom is -0.480 e. The van der Waals surface area contributed by atoms with Gasteiger partial charge >= 0.3 is 5.97 Å². The number of thioether (sulfide) groups is 1. The van der Waals surface area contributed by atoms with E-state index in [1.807, 2.05) is 30.3 Å². The smallest absolute Gasteiger partial charge is 0.316 e. The first-order valence-electron chi connectivity index (χ1n) is 8.79. The molecule has 28 heavy (non-hydrogen) atoms. The molecule has 0 spiro atoms. The molecule has 1 atom stereocenters. The zero-order valence-corrected chi connectivity index (χ0v) is 16.6. The Balaban J connectivity index is 0.000000336. The number of hydrogen-bond donors (Lipinski definition) is 4. The molecule has 0 saturated carbocycles. The van der Waals surface area contributed by atoms with Crippen LogP contribution < -0.4 is 0 Å². The molecule has 2 rings (SSSR count). The highest BCUT2D eigenvalue weighted by molar-refractivity contribution is 7.99. The van der Waals surface area contributed by atoms with Crippen LogP contribution in [0.2, 0.25) is 0 Å². The van der Waals surface area contributed by atoms with Gasteiger partial charge in [-0.3, -0.25) is 9.69 Å². The van der Waals surface area contributed by atoms with Crippen molar-refractivity contribution < 1.29 is 29.7 Å². The largest absolute Gasteiger partial charge is 0.480 e. The van der Waals surface area contributed by atoms with Crippen molar-refractivity contribution in [2.24, 2.45) is 0 Å². The van der Waals surface area contributed by atoms with Gasteiger partial charge in [-0.15, -0.1) is 11.8 Å². The first kappa shape index (κ1) is 24.1. The highest BCUT2D eigenvalue weighted by Gasteiger charge is 2.14. The maximum Gasteiger partial charge on any atom is 0.316 e. The van der Waals surface area contributed by atoms with E-state index >= 15 is 0 Å². The molecule has 10 heteroatoms. The van der Waals surface area contributed by atoms with E-state index in [4.69, 9.17) is 24.9 Å². The van der Waals surface area contributed by atoms with Gasteiger partial charge in [0.05, 0.1) is 30.8 Å². The van der Waals surface area contributed by atoms with Crippen molar-refractivity contribution >= 4 is 17.7 Å². The molecule has 0 aliphatic carbocycles. The summed E-state index contributed by atoms with van der Waals surface area (Å²) in [5.74, 6) is 0.511. The highest BCUT2D eigenvalue weighted by atomic mass is 32.2. The van der Waals surface area contributed by atoms with Crippen LogP contribution in [-0.4, -0.2) is 86.1 Å². The van der Waals surface area contributed by atoms with Gasteiger partial charge in [0.15, 0.2) is 0 Å². The first-order valence-corrected chi connectivity index (χ1v) is 9.84. The Morgan fingerprint density at radius 3 is 2.18 bits per heavy atom. The first-order chi connectivity index (χ1) is 13.5. The van der Waals surface area contributed by atoms with Crippen molar-refractivity contribution in [3.63, 3.8) is 0 Å². The van der Waals surface area contributed by atoms with Gasteiger partial charge in [0.25, 0.3) is 0 Å². The van der Waals surface area contributed by atoms with Crippen molar-refractivity contribution in [3.05, 3.63) is 36.2 Å². The summed E-state index contributed by atoms with van der Waals surface area (Å²) in [5, 5.41) is 37.6. The van der Waals surface area contributed by atoms with Crippen LogP contribution >= 0.6 is 11.8 Å². The molecule has 0 saturated heterocycles. The van der Waals surface area contributed by atoms with Crippen molar-refractivity contribution in [3.8, 4) is 11.4 Å². The van der Waals surface area contributed by atoms with E-state index in [-0.39, 0.29) is 19.8 Å². The topological polar surface area (TPSA) is 140 Å². The predicted molar refractivity (Wildman–Crippen MR) is 106 cm³/mol. The molecule has 0 fully saturated rings. The van der Waals surface area contributed by atoms with Crippen molar-refractivity contribution in [2.75, 3.05) is 39.5 Å². The number of aliphatic hydroxyl groups is 3. The molecule has 156 valence electrons. The summed E-state index contributed by atoms with van der Waals surface area (Å²) in [6.45, 7) is 3.38. The fraction of sp³-hybridized carbons (Fsp3) is 0.500. The molecule has 0 aliphatic rings. The minimum atomic E-state index is -0.845. The Hall–Kier alpha value is -1.98. The summed E-state index contributed by atoms with van der Waals surface area (Å²) in [7, 11) is 0. The molecule has 4 N–H and O–H groups in total. The minimum absolute atomic E-state index is 0.0694. The normalized spacial score (nSPS) is 11.8. The highest BCUT2D eigenvalue weighted by Crippen LogP contribution is 2.20. The van der Waals surface area contributed by atoms with Crippen LogP contribution in [0, 0.1) is 0 Å². The van der Waals surface area contributed by atoms with E-state index in [0.717, 1.165) is 5.56 Å². The van der Waals surface area contributed by atoms with Gasteiger partial charge in [-0.1, -0.05) is 35.5 Å². The van der Waals surface area contributed by atoms with Crippen molar-refractivity contribution in [2.45, 2.75) is 17.9 Å². The van der Waals surface area contributed by atoms with Gasteiger partial charge in [-0.2, -0.15) is 4.98 Å². The Morgan fingerprint density at radius 1 is 1.11 bits per heavy atom. The monoisotopic (exact) mass is 413 g/mol. The third-order valence-electron chi connectivity index (χ3n) is 3.55. The number of nitrogens with zero attached hydrogens (tertiary/aromatic N) is 3. The lowest BCUT2D eigenvalue weighted by molar-refractivity contribution is -0.136. The fourth-order valence-electron chi connectivity index (χ4n) is 2.05. The molecule has 1 aromatic heterocycles. The van der Waals surface area contributed by atoms with E-state index < -0.39 is 11.2 Å². The van der Waals surface area contributed by atoms with Gasteiger partial charge in [0.2, 0.25) is 11.7 Å². The van der Waals surface area contributed by atoms with Crippen LogP contribution in [0.4, 0.5) is 0 Å². The number of rotatable bonds is 11. The van der Waals surface area contributed by atoms with E-state index in [1.165, 1.54) is 11.8 Å². The van der Waals surface area contributed by atoms with Gasteiger partial charge in [0.1, 0.15) is 0 Å². The van der Waals surface area contributed by atoms with Gasteiger partial charge in [-0.05, 0) is 6.92 Å². The predicted octanol–water partition coefficient (Wildman–Crippen LogP) is 0.708. The second-order valence-corrected chi connectivity index (χ2v) is 7.01. The average molecular weight is 413 g/mol. The Morgan fingerprint density at radius 2 is 1.68 bits per heavy atom. The molecule has 0 aliphatic heterocycles. The fourth-order valence-corrected chi connectivity index (χ4v) is 2.70. The number of aromatic nitrogens is 2. The maximum absolute atomic E-state index is 10.7. The number of aliphatic hydroxyl groups excluding tert-OH is 3. The number of benzene rings is 1. The SMILES string of the molecule is CC(SCc1nc(-c2ccccc2)no1)C(=O)O.OCCN(CCO)CCO. The van der Waals surface area contributed by atoms with Crippen LogP contribution in [0.3, 0.4) is 0 Å². The van der Waals surface area contributed by atoms with Gasteiger partial charge in [-0.25, -0.2) is 0 Å². The standard InChI is InChI=1S/C12H12N2O3S.C6H15NO3/c1-8(12(15)16)18-7-10-13-11(14-17-10)9-5-3-2-4-6-9;8-4-1-7(2-5-9)3-6-10/h2-6,8H,7H2,1H3,(H,15,16);8-10H,1-6H2. The second kappa shape index (κ2) is 14.1. The third kappa shape index (κ3) is 9.29. The molecule has 0 bridgehead atoms. The molecular weight excluding hydrogens is 386 g/mol. The Kier molecular flexibility index (Phi) is 12.1. The number of carbonyl (C=O) groups is 1. The molecule has 0 amide bonds. The van der Waals surface area contributed by atoms with Crippen LogP contribution in [-0.2, 0) is 10.5 Å². The Labute approximate surface area is 168 Å². The molecule has 0 radical (unpaired) electrons. The third-order valence-corrected chi connectivity index (χ3v) is 4.67. The van der Waals surface area contributed by atoms with Crippen LogP contribution in [0.1, 0.15) is 12.8 Å². The lowest BCUT2D eigenvalue weighted by Gasteiger charge is -2.17. The molecule has 1 unspecified atom stereocenters. The Bertz CT molecular complexity index is 656. The molecule has 2 aromatic rings. The van der Waals surface area contributed by atoms with Gasteiger partial charge in [0, 0.05) is 25.2 Å². The summed E-state index contributed by atoms with van der Waals surface area (Å²) in [4.78, 5) is 16.7. The van der Waals surface area contributed by atoms with Crippen LogP contribution in [0.25, 0.3) is 11.4 Å². The summed E-state index contributed by atoms with van der Waals surface area (Å²) in [6, 6.07) is 9.48. The van der Waals surface area contributed by atoms with Crippen molar-refractivity contribution in [1.29, 1.82) is 0 Å². The zero-order chi connectivity index (χ0) is 20.8. The summed E-state index contributed by atoms with van der Waals surface area (Å²) >= 11 is 1.25. The van der Waals surface area contributed by atoms with E-state index in [2.05, 4.69) is 10.1 Å². The van der Waals surface area contributed by atoms with Crippen LogP contribution in [0.15, 0.2) is 34.9 Å². The summed E-state index contributed by atoms with van der Waals surface area (Å²) < 4.78 is 5.07. The van der Waals surface area contributed by atoms with E-state index in [9.17, 15) is 4.79 Å². The quantitative estimate of drug-likeness (QED) is 0.416. The van der Waals surface area contributed by atoms with Crippen LogP contribution in [0.5, 0.6) is 0 Å². The molecule has 1 heterocycles. The number of hydrogen-bond acceptors (Lipinski definition) is 9. The number of carboxylic acids is 1. The average Bonchev–Trinajstić information content (AvgIpc) is 3.17. The molecule has 1 aromatic carbocycles. The maximum atomic E-state index is 10.7. The number of carboxylic acid groups (broad SMARTS) is 1. The molecule has 9 nitrogen and oxygen atoms in total. The second-order valence-electron chi connectivity index (χ2n) is 5.68. The number of aliphatic carboxylic acids is 1. The van der Waals surface area contributed by atoms with E-state index in [1.54, 1.807) is 11.8 Å². The summed E-state index contributed by atoms with van der Waals surface area (Å²) in [5.41, 5.74) is 0.879. The zero-order valence-electron chi connectivity index (χ0n) is 15.8. The lowest BCUT2D eigenvalue weighted by Crippen LogP contribution is -2.32. The lowest BCUT2D eigenvalue weighted by atomic mass is 10.2.